The standard InChI is InChI=1S/C12H21N3O/c1-2-3-6-10-9-15(14-13-10)11-7-4-5-8-12(11)16/h9,11-12,16H,2-8H2,1H3/t11-,12-/m1/s1. The normalized spacial score (nSPS) is 25.9. The molecule has 1 aromatic rings. The first-order valence-electron chi connectivity index (χ1n) is 6.40. The molecular formula is C12H21N3O. The van der Waals surface area contributed by atoms with E-state index in [4.69, 9.17) is 0 Å². The number of rotatable bonds is 4. The second-order valence-corrected chi connectivity index (χ2v) is 4.71. The summed E-state index contributed by atoms with van der Waals surface area (Å²) in [6.07, 6.45) is 9.35. The summed E-state index contributed by atoms with van der Waals surface area (Å²) in [6.45, 7) is 2.18. The average molecular weight is 223 g/mol. The third-order valence-corrected chi connectivity index (χ3v) is 3.38. The number of aliphatic hydroxyl groups excluding tert-OH is 1. The van der Waals surface area contributed by atoms with E-state index in [0.29, 0.717) is 0 Å². The minimum Gasteiger partial charge on any atom is -0.391 e. The van der Waals surface area contributed by atoms with Gasteiger partial charge in [-0.15, -0.1) is 5.10 Å². The van der Waals surface area contributed by atoms with Gasteiger partial charge in [0, 0.05) is 6.20 Å². The third kappa shape index (κ3) is 2.61. The Morgan fingerprint density at radius 2 is 2.25 bits per heavy atom. The summed E-state index contributed by atoms with van der Waals surface area (Å²) >= 11 is 0. The first kappa shape index (κ1) is 11.6. The fourth-order valence-corrected chi connectivity index (χ4v) is 2.35. The number of nitrogens with zero attached hydrogens (tertiary/aromatic N) is 3. The van der Waals surface area contributed by atoms with Crippen molar-refractivity contribution in [2.24, 2.45) is 0 Å². The highest BCUT2D eigenvalue weighted by atomic mass is 16.3. The molecule has 2 atom stereocenters. The molecule has 0 radical (unpaired) electrons. The smallest absolute Gasteiger partial charge is 0.0827 e. The Morgan fingerprint density at radius 3 is 3.00 bits per heavy atom. The van der Waals surface area contributed by atoms with Crippen molar-refractivity contribution in [1.82, 2.24) is 15.0 Å². The summed E-state index contributed by atoms with van der Waals surface area (Å²) in [5.74, 6) is 0. The highest BCUT2D eigenvalue weighted by Gasteiger charge is 2.25. The Hall–Kier alpha value is -0.900. The number of hydrogen-bond acceptors (Lipinski definition) is 3. The maximum atomic E-state index is 9.92. The van der Waals surface area contributed by atoms with E-state index in [1.54, 1.807) is 0 Å². The van der Waals surface area contributed by atoms with Crippen LogP contribution in [0.15, 0.2) is 6.20 Å². The van der Waals surface area contributed by atoms with E-state index in [1.165, 1.54) is 12.8 Å². The van der Waals surface area contributed by atoms with E-state index in [0.717, 1.165) is 37.8 Å². The summed E-state index contributed by atoms with van der Waals surface area (Å²) in [7, 11) is 0. The molecule has 1 aromatic heterocycles. The van der Waals surface area contributed by atoms with Gasteiger partial charge < -0.3 is 5.11 Å². The summed E-state index contributed by atoms with van der Waals surface area (Å²) in [6, 6.07) is 0.150. The fraction of sp³-hybridized carbons (Fsp3) is 0.833. The van der Waals surface area contributed by atoms with Crippen molar-refractivity contribution in [3.63, 3.8) is 0 Å². The van der Waals surface area contributed by atoms with Crippen molar-refractivity contribution >= 4 is 0 Å². The summed E-state index contributed by atoms with van der Waals surface area (Å²) < 4.78 is 1.87. The van der Waals surface area contributed by atoms with Crippen LogP contribution in [-0.2, 0) is 6.42 Å². The van der Waals surface area contributed by atoms with E-state index in [1.807, 2.05) is 10.9 Å². The van der Waals surface area contributed by atoms with Gasteiger partial charge in [0.15, 0.2) is 0 Å². The van der Waals surface area contributed by atoms with Crippen LogP contribution >= 0.6 is 0 Å². The van der Waals surface area contributed by atoms with Gasteiger partial charge in [0.1, 0.15) is 0 Å². The molecule has 90 valence electrons. The SMILES string of the molecule is CCCCc1cn([C@@H]2CCCC[C@H]2O)nn1. The van der Waals surface area contributed by atoms with E-state index < -0.39 is 0 Å². The minimum absolute atomic E-state index is 0.150. The van der Waals surface area contributed by atoms with Gasteiger partial charge in [-0.05, 0) is 25.7 Å². The number of aryl methyl sites for hydroxylation is 1. The first-order chi connectivity index (χ1) is 7.81. The lowest BCUT2D eigenvalue weighted by atomic mass is 9.93. The fourth-order valence-electron chi connectivity index (χ4n) is 2.35. The van der Waals surface area contributed by atoms with Crippen LogP contribution in [0.3, 0.4) is 0 Å². The Kier molecular flexibility index (Phi) is 3.93. The zero-order chi connectivity index (χ0) is 11.4. The largest absolute Gasteiger partial charge is 0.391 e. The second-order valence-electron chi connectivity index (χ2n) is 4.71. The third-order valence-electron chi connectivity index (χ3n) is 3.38. The predicted octanol–water partition coefficient (Wildman–Crippen LogP) is 2.10. The van der Waals surface area contributed by atoms with E-state index in [-0.39, 0.29) is 12.1 Å². The van der Waals surface area contributed by atoms with Gasteiger partial charge in [0.2, 0.25) is 0 Å². The van der Waals surface area contributed by atoms with E-state index in [2.05, 4.69) is 17.2 Å². The minimum atomic E-state index is -0.241. The van der Waals surface area contributed by atoms with Gasteiger partial charge in [-0.25, -0.2) is 4.68 Å². The molecule has 0 aromatic carbocycles. The molecule has 4 nitrogen and oxygen atoms in total. The van der Waals surface area contributed by atoms with Gasteiger partial charge >= 0.3 is 0 Å². The van der Waals surface area contributed by atoms with Crippen molar-refractivity contribution in [1.29, 1.82) is 0 Å². The Bertz CT molecular complexity index is 324. The lowest BCUT2D eigenvalue weighted by molar-refractivity contribution is 0.0685. The zero-order valence-electron chi connectivity index (χ0n) is 9.97. The van der Waals surface area contributed by atoms with Crippen LogP contribution < -0.4 is 0 Å². The van der Waals surface area contributed by atoms with Crippen LogP contribution in [0.25, 0.3) is 0 Å². The number of unbranched alkanes of at least 4 members (excludes halogenated alkanes) is 1. The van der Waals surface area contributed by atoms with E-state index >= 15 is 0 Å². The molecule has 1 aliphatic rings. The lowest BCUT2D eigenvalue weighted by Gasteiger charge is -2.27. The topological polar surface area (TPSA) is 50.9 Å². The Morgan fingerprint density at radius 1 is 1.44 bits per heavy atom. The first-order valence-corrected chi connectivity index (χ1v) is 6.40. The molecule has 0 bridgehead atoms. The van der Waals surface area contributed by atoms with Crippen molar-refractivity contribution < 1.29 is 5.11 Å². The van der Waals surface area contributed by atoms with Crippen LogP contribution in [0.2, 0.25) is 0 Å². The molecule has 16 heavy (non-hydrogen) atoms. The quantitative estimate of drug-likeness (QED) is 0.850. The summed E-state index contributed by atoms with van der Waals surface area (Å²) in [5.41, 5.74) is 1.06. The molecule has 0 unspecified atom stereocenters. The molecule has 1 saturated carbocycles. The maximum Gasteiger partial charge on any atom is 0.0827 e. The monoisotopic (exact) mass is 223 g/mol. The molecule has 2 rings (SSSR count). The van der Waals surface area contributed by atoms with Crippen LogP contribution in [0.4, 0.5) is 0 Å². The highest BCUT2D eigenvalue weighted by molar-refractivity contribution is 4.95. The molecule has 1 N–H and O–H groups in total. The van der Waals surface area contributed by atoms with Gasteiger partial charge in [0.05, 0.1) is 17.8 Å². The molecule has 0 saturated heterocycles. The number of hydrogen-bond donors (Lipinski definition) is 1. The van der Waals surface area contributed by atoms with Crippen molar-refractivity contribution in [3.05, 3.63) is 11.9 Å². The number of aliphatic hydroxyl groups is 1. The number of aromatic nitrogens is 3. The van der Waals surface area contributed by atoms with Crippen LogP contribution in [0.1, 0.15) is 57.2 Å². The highest BCUT2D eigenvalue weighted by Crippen LogP contribution is 2.27. The molecular weight excluding hydrogens is 202 g/mol. The van der Waals surface area contributed by atoms with Crippen LogP contribution in [0.5, 0.6) is 0 Å². The van der Waals surface area contributed by atoms with Gasteiger partial charge in [-0.1, -0.05) is 31.4 Å². The van der Waals surface area contributed by atoms with Crippen molar-refractivity contribution in [2.75, 3.05) is 0 Å². The molecule has 0 aliphatic heterocycles. The summed E-state index contributed by atoms with van der Waals surface area (Å²) in [4.78, 5) is 0. The van der Waals surface area contributed by atoms with Crippen molar-refractivity contribution in [2.45, 2.75) is 64.0 Å². The van der Waals surface area contributed by atoms with Gasteiger partial charge in [-0.2, -0.15) is 0 Å². The predicted molar refractivity (Wildman–Crippen MR) is 62.1 cm³/mol. The molecule has 1 fully saturated rings. The lowest BCUT2D eigenvalue weighted by Crippen LogP contribution is -2.27. The summed E-state index contributed by atoms with van der Waals surface area (Å²) in [5, 5.41) is 18.2. The van der Waals surface area contributed by atoms with Gasteiger partial charge in [0.25, 0.3) is 0 Å². The van der Waals surface area contributed by atoms with Gasteiger partial charge in [-0.3, -0.25) is 0 Å². The molecule has 0 amide bonds. The average Bonchev–Trinajstić information content (AvgIpc) is 2.75. The van der Waals surface area contributed by atoms with E-state index in [9.17, 15) is 5.11 Å². The molecule has 1 aliphatic carbocycles. The zero-order valence-corrected chi connectivity index (χ0v) is 9.97. The van der Waals surface area contributed by atoms with Crippen LogP contribution in [0, 0.1) is 0 Å². The second kappa shape index (κ2) is 5.43. The Labute approximate surface area is 96.7 Å². The van der Waals surface area contributed by atoms with Crippen LogP contribution in [-0.4, -0.2) is 26.2 Å². The maximum absolute atomic E-state index is 9.92. The molecule has 4 heteroatoms. The molecule has 0 spiro atoms. The Balaban J connectivity index is 1.99. The van der Waals surface area contributed by atoms with Crippen molar-refractivity contribution in [3.8, 4) is 0 Å². The molecule has 1 heterocycles.